The molecule has 1 unspecified atom stereocenters. The predicted octanol–water partition coefficient (Wildman–Crippen LogP) is 2.49. The minimum Gasteiger partial charge on any atom is -0.322 e. The summed E-state index contributed by atoms with van der Waals surface area (Å²) in [6.07, 6.45) is 2.76. The summed E-state index contributed by atoms with van der Waals surface area (Å²) < 4.78 is 1.81. The summed E-state index contributed by atoms with van der Waals surface area (Å²) in [4.78, 5) is 15.0. The fraction of sp³-hybridized carbons (Fsp3) is 0.333. The van der Waals surface area contributed by atoms with E-state index in [9.17, 15) is 10.1 Å². The van der Waals surface area contributed by atoms with Gasteiger partial charge in [-0.15, -0.1) is 10.2 Å². The fourth-order valence-corrected chi connectivity index (χ4v) is 2.84. The summed E-state index contributed by atoms with van der Waals surface area (Å²) in [5.74, 6) is 0.744. The molecule has 0 aliphatic rings. The Kier molecular flexibility index (Phi) is 3.94. The number of nitrogens with one attached hydrogen (secondary N) is 1. The van der Waals surface area contributed by atoms with E-state index in [2.05, 4.69) is 21.3 Å². The van der Waals surface area contributed by atoms with Crippen molar-refractivity contribution in [3.05, 3.63) is 57.9 Å². The highest BCUT2D eigenvalue weighted by molar-refractivity contribution is 5.80. The Bertz CT molecular complexity index is 1000. The van der Waals surface area contributed by atoms with Crippen molar-refractivity contribution in [2.24, 2.45) is 7.05 Å². The second-order valence-electron chi connectivity index (χ2n) is 6.26. The number of aromatic nitrogens is 4. The topological polar surface area (TPSA) is 87.4 Å². The van der Waals surface area contributed by atoms with E-state index in [4.69, 9.17) is 0 Å². The number of H-pyrrole nitrogens is 1. The lowest BCUT2D eigenvalue weighted by molar-refractivity contribution is 0.569. The molecule has 1 atom stereocenters. The van der Waals surface area contributed by atoms with Crippen LogP contribution in [0, 0.1) is 11.3 Å². The fourth-order valence-electron chi connectivity index (χ4n) is 2.84. The Morgan fingerprint density at radius 1 is 1.42 bits per heavy atom. The number of nitrogens with zero attached hydrogens (tertiary/aromatic N) is 4. The molecule has 0 radical (unpaired) electrons. The second kappa shape index (κ2) is 5.93. The van der Waals surface area contributed by atoms with E-state index < -0.39 is 5.41 Å². The number of rotatable bonds is 4. The van der Waals surface area contributed by atoms with Crippen molar-refractivity contribution >= 4 is 10.9 Å². The molecule has 6 heteroatoms. The quantitative estimate of drug-likeness (QED) is 0.799. The summed E-state index contributed by atoms with van der Waals surface area (Å²) in [7, 11) is 1.86. The highest BCUT2D eigenvalue weighted by Crippen LogP contribution is 2.29. The monoisotopic (exact) mass is 323 g/mol. The Hall–Kier alpha value is -2.94. The van der Waals surface area contributed by atoms with Crippen molar-refractivity contribution in [2.75, 3.05) is 0 Å². The number of benzene rings is 1. The van der Waals surface area contributed by atoms with Crippen molar-refractivity contribution < 1.29 is 1.43 Å². The number of aryl methyl sites for hydroxylation is 2. The van der Waals surface area contributed by atoms with Gasteiger partial charge < -0.3 is 9.55 Å². The molecule has 0 saturated carbocycles. The molecule has 0 aliphatic heterocycles. The van der Waals surface area contributed by atoms with Gasteiger partial charge in [0.15, 0.2) is 0 Å². The number of pyridine rings is 1. The van der Waals surface area contributed by atoms with Gasteiger partial charge in [-0.25, -0.2) is 0 Å². The Morgan fingerprint density at radius 3 is 2.83 bits per heavy atom. The van der Waals surface area contributed by atoms with Crippen molar-refractivity contribution in [2.45, 2.75) is 32.1 Å². The zero-order chi connectivity index (χ0) is 17.3. The first-order chi connectivity index (χ1) is 11.5. The van der Waals surface area contributed by atoms with E-state index in [0.29, 0.717) is 12.8 Å². The third-order valence-corrected chi connectivity index (χ3v) is 4.50. The van der Waals surface area contributed by atoms with Gasteiger partial charge in [0.05, 0.1) is 11.5 Å². The Labute approximate surface area is 141 Å². The van der Waals surface area contributed by atoms with Gasteiger partial charge in [-0.1, -0.05) is 19.1 Å². The molecule has 2 heterocycles. The average molecular weight is 323 g/mol. The molecule has 6 nitrogen and oxygen atoms in total. The molecule has 0 aliphatic carbocycles. The van der Waals surface area contributed by atoms with Gasteiger partial charge in [0.2, 0.25) is 0 Å². The molecule has 0 spiro atoms. The molecule has 1 aromatic carbocycles. The van der Waals surface area contributed by atoms with Gasteiger partial charge in [-0.05, 0) is 36.4 Å². The van der Waals surface area contributed by atoms with Crippen LogP contribution in [0.2, 0.25) is 0 Å². The zero-order valence-electron chi connectivity index (χ0n) is 14.0. The van der Waals surface area contributed by atoms with Crippen LogP contribution in [0.5, 0.6) is 0 Å². The van der Waals surface area contributed by atoms with Crippen LogP contribution in [-0.4, -0.2) is 19.7 Å². The van der Waals surface area contributed by atoms with E-state index >= 15 is 0 Å². The van der Waals surface area contributed by atoms with Crippen LogP contribution in [0.15, 0.2) is 35.4 Å². The summed E-state index contributed by atoms with van der Waals surface area (Å²) in [5.41, 5.74) is 1.52. The lowest BCUT2D eigenvalue weighted by Gasteiger charge is -2.22. The molecule has 2 aromatic heterocycles. The minimum absolute atomic E-state index is 0. The van der Waals surface area contributed by atoms with Gasteiger partial charge in [0.1, 0.15) is 12.2 Å². The molecule has 24 heavy (non-hydrogen) atoms. The molecule has 124 valence electrons. The molecule has 0 amide bonds. The molecule has 1 N–H and O–H groups in total. The molecular formula is C18H21N5O. The van der Waals surface area contributed by atoms with Crippen molar-refractivity contribution in [3.63, 3.8) is 0 Å². The summed E-state index contributed by atoms with van der Waals surface area (Å²) in [6.45, 7) is 3.83. The smallest absolute Gasteiger partial charge is 0.251 e. The third-order valence-electron chi connectivity index (χ3n) is 4.50. The summed E-state index contributed by atoms with van der Waals surface area (Å²) >= 11 is 0. The van der Waals surface area contributed by atoms with Crippen LogP contribution in [0.1, 0.15) is 32.2 Å². The van der Waals surface area contributed by atoms with Gasteiger partial charge in [-0.2, -0.15) is 5.26 Å². The molecular weight excluding hydrogens is 302 g/mol. The Morgan fingerprint density at radius 2 is 2.21 bits per heavy atom. The van der Waals surface area contributed by atoms with E-state index in [0.717, 1.165) is 27.9 Å². The van der Waals surface area contributed by atoms with E-state index in [1.54, 1.807) is 6.33 Å². The highest BCUT2D eigenvalue weighted by atomic mass is 16.1. The molecule has 3 aromatic rings. The highest BCUT2D eigenvalue weighted by Gasteiger charge is 2.29. The lowest BCUT2D eigenvalue weighted by atomic mass is 9.80. The maximum atomic E-state index is 12.1. The number of hydrogen-bond donors (Lipinski definition) is 1. The maximum absolute atomic E-state index is 12.1. The van der Waals surface area contributed by atoms with Crippen LogP contribution < -0.4 is 5.56 Å². The van der Waals surface area contributed by atoms with Gasteiger partial charge in [-0.3, -0.25) is 4.79 Å². The van der Waals surface area contributed by atoms with Crippen molar-refractivity contribution in [1.29, 1.82) is 5.26 Å². The first kappa shape index (κ1) is 15.9. The lowest BCUT2D eigenvalue weighted by Crippen LogP contribution is -2.25. The minimum atomic E-state index is -0.755. The first-order valence-corrected chi connectivity index (χ1v) is 7.87. The van der Waals surface area contributed by atoms with Gasteiger partial charge in [0.25, 0.3) is 5.56 Å². The van der Waals surface area contributed by atoms with Crippen LogP contribution >= 0.6 is 0 Å². The molecule has 0 bridgehead atoms. The second-order valence-corrected chi connectivity index (χ2v) is 6.26. The third kappa shape index (κ3) is 2.69. The predicted molar refractivity (Wildman–Crippen MR) is 93.7 cm³/mol. The van der Waals surface area contributed by atoms with E-state index in [1.807, 2.05) is 49.7 Å². The number of nitriles is 1. The first-order valence-electron chi connectivity index (χ1n) is 7.87. The van der Waals surface area contributed by atoms with E-state index in [-0.39, 0.29) is 6.99 Å². The maximum Gasteiger partial charge on any atom is 0.251 e. The van der Waals surface area contributed by atoms with Crippen LogP contribution in [0.25, 0.3) is 10.9 Å². The number of aromatic amines is 1. The molecule has 3 rings (SSSR count). The number of hydrogen-bond acceptors (Lipinski definition) is 4. The zero-order valence-corrected chi connectivity index (χ0v) is 14.0. The van der Waals surface area contributed by atoms with E-state index in [1.165, 1.54) is 0 Å². The largest absolute Gasteiger partial charge is 0.322 e. The molecule has 0 fully saturated rings. The van der Waals surface area contributed by atoms with Crippen molar-refractivity contribution in [1.82, 2.24) is 19.7 Å². The normalized spacial score (nSPS) is 13.6. The molecule has 0 saturated heterocycles. The summed E-state index contributed by atoms with van der Waals surface area (Å²) in [6, 6.07) is 10.1. The van der Waals surface area contributed by atoms with Crippen molar-refractivity contribution in [3.8, 4) is 6.07 Å². The Balaban J connectivity index is 0.00000225. The van der Waals surface area contributed by atoms with Gasteiger partial charge in [0, 0.05) is 26.0 Å². The standard InChI is InChI=1S/C18H19N5O.H2/c1-4-12-7-13-5-6-14(8-15(13)21-17(12)24)18(2,10-19)9-16-22-20-11-23(16)3;/h5-8,11H,4,9H2,1-3H3,(H,21,24);1H. The number of fused-ring (bicyclic) bond motifs is 1. The SMILES string of the molecule is CCc1cc2ccc(C(C)(C#N)Cc3nncn3C)cc2[nH]c1=O.[HH]. The van der Waals surface area contributed by atoms with Crippen LogP contribution in [0.3, 0.4) is 0 Å². The summed E-state index contributed by atoms with van der Waals surface area (Å²) in [5, 5.41) is 18.7. The van der Waals surface area contributed by atoms with Crippen LogP contribution in [0.4, 0.5) is 0 Å². The van der Waals surface area contributed by atoms with Gasteiger partial charge >= 0.3 is 0 Å². The average Bonchev–Trinajstić information content (AvgIpc) is 2.98. The van der Waals surface area contributed by atoms with Crippen LogP contribution in [-0.2, 0) is 25.3 Å².